The average Bonchev–Trinajstić information content (AvgIpc) is 2.47. The van der Waals surface area contributed by atoms with Gasteiger partial charge in [0.05, 0.1) is 11.5 Å². The zero-order valence-electron chi connectivity index (χ0n) is 12.5. The number of Topliss-reactive ketones (excluding diaryl/α,β-unsaturated/α-hetero) is 1. The lowest BCUT2D eigenvalue weighted by Crippen LogP contribution is -2.18. The predicted octanol–water partition coefficient (Wildman–Crippen LogP) is 2.18. The van der Waals surface area contributed by atoms with Crippen LogP contribution < -0.4 is 0 Å². The summed E-state index contributed by atoms with van der Waals surface area (Å²) < 4.78 is 0. The van der Waals surface area contributed by atoms with E-state index in [1.54, 1.807) is 0 Å². The minimum Gasteiger partial charge on any atom is -0.508 e. The second-order valence-electron chi connectivity index (χ2n) is 5.13. The van der Waals surface area contributed by atoms with Gasteiger partial charge in [-0.25, -0.2) is 4.79 Å². The molecule has 0 heterocycles. The first kappa shape index (κ1) is 18.2. The van der Waals surface area contributed by atoms with E-state index in [0.29, 0.717) is 0 Å². The van der Waals surface area contributed by atoms with E-state index >= 15 is 0 Å². The van der Waals surface area contributed by atoms with Crippen molar-refractivity contribution >= 4 is 17.7 Å². The molecule has 0 aromatic heterocycles. The fourth-order valence-electron chi connectivity index (χ4n) is 1.98. The Balaban J connectivity index is 2.78. The van der Waals surface area contributed by atoms with Gasteiger partial charge in [-0.1, -0.05) is 6.08 Å². The second-order valence-corrected chi connectivity index (χ2v) is 5.13. The van der Waals surface area contributed by atoms with Crippen LogP contribution >= 0.6 is 0 Å². The fourth-order valence-corrected chi connectivity index (χ4v) is 1.98. The third kappa shape index (κ3) is 5.46. The highest BCUT2D eigenvalue weighted by Crippen LogP contribution is 2.25. The number of carboxylic acids is 2. The number of hydrogen-bond donors (Lipinski definition) is 4. The Kier molecular flexibility index (Phi) is 6.32. The summed E-state index contributed by atoms with van der Waals surface area (Å²) in [5.41, 5.74) is -0.0420. The Morgan fingerprint density at radius 1 is 1.17 bits per heavy atom. The molecule has 0 radical (unpaired) electrons. The van der Waals surface area contributed by atoms with Crippen molar-refractivity contribution in [2.75, 3.05) is 0 Å². The van der Waals surface area contributed by atoms with Crippen LogP contribution in [0.25, 0.3) is 0 Å². The van der Waals surface area contributed by atoms with E-state index < -0.39 is 23.6 Å². The van der Waals surface area contributed by atoms with Crippen LogP contribution in [0.15, 0.2) is 29.8 Å². The fraction of sp³-hybridized carbons (Fsp3) is 0.312. The molecule has 7 nitrogen and oxygen atoms in total. The molecule has 1 rings (SSSR count). The molecule has 0 aliphatic carbocycles. The molecule has 1 aromatic rings. The standard InChI is InChI=1S/C16H18O7/c1-9(15(20)21)3-2-4-10(16(22)23)7-14(19)12-8-11(17)5-6-13(12)18/h3,5-6,8,10,17-18H,2,4,7H2,1H3,(H,20,21)(H,22,23). The average molecular weight is 322 g/mol. The number of rotatable bonds is 8. The van der Waals surface area contributed by atoms with Crippen molar-refractivity contribution in [2.45, 2.75) is 26.2 Å². The number of ketones is 1. The number of benzene rings is 1. The zero-order chi connectivity index (χ0) is 17.6. The number of allylic oxidation sites excluding steroid dienone is 1. The van der Waals surface area contributed by atoms with Crippen molar-refractivity contribution < 1.29 is 34.8 Å². The maximum atomic E-state index is 12.1. The number of aliphatic carboxylic acids is 2. The normalized spacial score (nSPS) is 12.7. The highest BCUT2D eigenvalue weighted by Gasteiger charge is 2.23. The summed E-state index contributed by atoms with van der Waals surface area (Å²) in [5, 5.41) is 36.8. The smallest absolute Gasteiger partial charge is 0.330 e. The summed E-state index contributed by atoms with van der Waals surface area (Å²) >= 11 is 0. The quantitative estimate of drug-likeness (QED) is 0.327. The van der Waals surface area contributed by atoms with Crippen LogP contribution in [0.1, 0.15) is 36.5 Å². The molecule has 0 aliphatic heterocycles. The minimum absolute atomic E-state index is 0.0886. The third-order valence-corrected chi connectivity index (χ3v) is 3.36. The first-order valence-corrected chi connectivity index (χ1v) is 6.90. The van der Waals surface area contributed by atoms with Crippen LogP contribution in [0.2, 0.25) is 0 Å². The lowest BCUT2D eigenvalue weighted by Gasteiger charge is -2.11. The zero-order valence-corrected chi connectivity index (χ0v) is 12.5. The molecular weight excluding hydrogens is 304 g/mol. The minimum atomic E-state index is -1.18. The van der Waals surface area contributed by atoms with Crippen LogP contribution in [-0.4, -0.2) is 38.1 Å². The summed E-state index contributed by atoms with van der Waals surface area (Å²) in [4.78, 5) is 34.0. The van der Waals surface area contributed by atoms with Gasteiger partial charge >= 0.3 is 11.9 Å². The molecule has 4 N–H and O–H groups in total. The Bertz CT molecular complexity index is 646. The van der Waals surface area contributed by atoms with Gasteiger partial charge in [0.2, 0.25) is 0 Å². The van der Waals surface area contributed by atoms with Crippen molar-refractivity contribution in [1.82, 2.24) is 0 Å². The number of carbonyl (C=O) groups is 3. The van der Waals surface area contributed by atoms with Gasteiger partial charge in [0.25, 0.3) is 0 Å². The van der Waals surface area contributed by atoms with E-state index in [-0.39, 0.29) is 41.9 Å². The number of aromatic hydroxyl groups is 2. The Hall–Kier alpha value is -2.83. The van der Waals surface area contributed by atoms with E-state index in [4.69, 9.17) is 10.2 Å². The first-order valence-electron chi connectivity index (χ1n) is 6.90. The van der Waals surface area contributed by atoms with Gasteiger partial charge in [-0.3, -0.25) is 9.59 Å². The van der Waals surface area contributed by atoms with Gasteiger partial charge in [0, 0.05) is 12.0 Å². The molecule has 7 heteroatoms. The van der Waals surface area contributed by atoms with Gasteiger partial charge in [0.1, 0.15) is 11.5 Å². The molecule has 1 unspecified atom stereocenters. The topological polar surface area (TPSA) is 132 Å². The maximum absolute atomic E-state index is 12.1. The summed E-state index contributed by atoms with van der Waals surface area (Å²) in [6.45, 7) is 1.40. The molecule has 23 heavy (non-hydrogen) atoms. The molecule has 0 bridgehead atoms. The molecule has 0 fully saturated rings. The van der Waals surface area contributed by atoms with Crippen LogP contribution in [0.4, 0.5) is 0 Å². The van der Waals surface area contributed by atoms with E-state index in [2.05, 4.69) is 0 Å². The predicted molar refractivity (Wildman–Crippen MR) is 80.5 cm³/mol. The molecule has 124 valence electrons. The molecule has 0 spiro atoms. The van der Waals surface area contributed by atoms with E-state index in [9.17, 15) is 24.6 Å². The summed E-state index contributed by atoms with van der Waals surface area (Å²) in [5.74, 6) is -4.43. The van der Waals surface area contributed by atoms with Crippen LogP contribution in [0, 0.1) is 5.92 Å². The van der Waals surface area contributed by atoms with Gasteiger partial charge in [0.15, 0.2) is 5.78 Å². The summed E-state index contributed by atoms with van der Waals surface area (Å²) in [6.07, 6.45) is 1.33. The van der Waals surface area contributed by atoms with Gasteiger partial charge in [-0.15, -0.1) is 0 Å². The Morgan fingerprint density at radius 2 is 1.83 bits per heavy atom. The van der Waals surface area contributed by atoms with Crippen molar-refractivity contribution in [3.8, 4) is 11.5 Å². The number of phenolic OH excluding ortho intramolecular Hbond substituents is 2. The van der Waals surface area contributed by atoms with Gasteiger partial charge in [-0.2, -0.15) is 0 Å². The van der Waals surface area contributed by atoms with E-state index in [1.165, 1.54) is 19.1 Å². The van der Waals surface area contributed by atoms with Crippen molar-refractivity contribution in [3.63, 3.8) is 0 Å². The highest BCUT2D eigenvalue weighted by atomic mass is 16.4. The van der Waals surface area contributed by atoms with Crippen LogP contribution in [-0.2, 0) is 9.59 Å². The molecular formula is C16H18O7. The Labute approximate surface area is 132 Å². The van der Waals surface area contributed by atoms with Crippen molar-refractivity contribution in [2.24, 2.45) is 5.92 Å². The molecule has 1 aromatic carbocycles. The van der Waals surface area contributed by atoms with Crippen molar-refractivity contribution in [1.29, 1.82) is 0 Å². The third-order valence-electron chi connectivity index (χ3n) is 3.36. The van der Waals surface area contributed by atoms with Gasteiger partial charge < -0.3 is 20.4 Å². The van der Waals surface area contributed by atoms with E-state index in [0.717, 1.165) is 12.1 Å². The lowest BCUT2D eigenvalue weighted by molar-refractivity contribution is -0.141. The summed E-state index contributed by atoms with van der Waals surface area (Å²) in [6, 6.07) is 3.43. The number of phenols is 2. The summed E-state index contributed by atoms with van der Waals surface area (Å²) in [7, 11) is 0. The van der Waals surface area contributed by atoms with Crippen LogP contribution in [0.3, 0.4) is 0 Å². The molecule has 1 atom stereocenters. The second kappa shape index (κ2) is 7.98. The molecule has 0 saturated heterocycles. The molecule has 0 saturated carbocycles. The number of carbonyl (C=O) groups excluding carboxylic acids is 1. The first-order chi connectivity index (χ1) is 10.7. The SMILES string of the molecule is CC(=CCCC(CC(=O)c1cc(O)ccc1O)C(=O)O)C(=O)O. The Morgan fingerprint density at radius 3 is 2.39 bits per heavy atom. The van der Waals surface area contributed by atoms with E-state index in [1.807, 2.05) is 0 Å². The maximum Gasteiger partial charge on any atom is 0.330 e. The van der Waals surface area contributed by atoms with Crippen LogP contribution in [0.5, 0.6) is 11.5 Å². The van der Waals surface area contributed by atoms with Crippen molar-refractivity contribution in [3.05, 3.63) is 35.4 Å². The molecule has 0 aliphatic rings. The lowest BCUT2D eigenvalue weighted by atomic mass is 9.93. The highest BCUT2D eigenvalue weighted by molar-refractivity contribution is 6.00. The largest absolute Gasteiger partial charge is 0.508 e. The number of carboxylic acid groups (broad SMARTS) is 2. The number of hydrogen-bond acceptors (Lipinski definition) is 5. The van der Waals surface area contributed by atoms with Gasteiger partial charge in [-0.05, 0) is 38.0 Å². The molecule has 0 amide bonds. The monoisotopic (exact) mass is 322 g/mol.